The lowest BCUT2D eigenvalue weighted by atomic mass is 9.87. The van der Waals surface area contributed by atoms with Gasteiger partial charge < -0.3 is 19.5 Å². The monoisotopic (exact) mass is 411 g/mol. The zero-order chi connectivity index (χ0) is 21.3. The second-order valence-corrected chi connectivity index (χ2v) is 7.74. The third kappa shape index (κ3) is 6.24. The Morgan fingerprint density at radius 3 is 2.43 bits per heavy atom. The molecule has 0 aromatic heterocycles. The molecule has 1 amide bonds. The number of nitrogens with one attached hydrogen (secondary N) is 1. The van der Waals surface area contributed by atoms with Crippen molar-refractivity contribution in [3.05, 3.63) is 59.7 Å². The van der Waals surface area contributed by atoms with E-state index < -0.39 is 5.97 Å². The summed E-state index contributed by atoms with van der Waals surface area (Å²) in [6.45, 7) is 2.33. The Labute approximate surface area is 177 Å². The molecule has 1 N–H and O–H groups in total. The molecule has 1 aliphatic carbocycles. The summed E-state index contributed by atoms with van der Waals surface area (Å²) >= 11 is 0. The molecule has 6 heteroatoms. The molecule has 0 radical (unpaired) electrons. The first-order valence-corrected chi connectivity index (χ1v) is 10.4. The average molecular weight is 411 g/mol. The van der Waals surface area contributed by atoms with Crippen molar-refractivity contribution in [2.75, 3.05) is 13.7 Å². The number of benzene rings is 2. The fourth-order valence-electron chi connectivity index (χ4n) is 3.54. The Hall–Kier alpha value is -3.02. The molecule has 0 heterocycles. The van der Waals surface area contributed by atoms with Gasteiger partial charge in [0.15, 0.2) is 18.1 Å². The number of hydrogen-bond acceptors (Lipinski definition) is 5. The molecule has 2 aromatic rings. The molecule has 1 saturated carbocycles. The summed E-state index contributed by atoms with van der Waals surface area (Å²) in [5.41, 5.74) is 1.33. The van der Waals surface area contributed by atoms with E-state index in [1.165, 1.54) is 7.11 Å². The van der Waals surface area contributed by atoms with Crippen LogP contribution in [0.5, 0.6) is 11.5 Å². The van der Waals surface area contributed by atoms with Crippen molar-refractivity contribution in [3.63, 3.8) is 0 Å². The second kappa shape index (κ2) is 10.7. The van der Waals surface area contributed by atoms with Gasteiger partial charge in [0.25, 0.3) is 5.91 Å². The van der Waals surface area contributed by atoms with Gasteiger partial charge in [-0.05, 0) is 55.4 Å². The normalized spacial score (nSPS) is 18.3. The number of rotatable bonds is 8. The Kier molecular flexibility index (Phi) is 7.71. The van der Waals surface area contributed by atoms with Crippen molar-refractivity contribution >= 4 is 11.9 Å². The van der Waals surface area contributed by atoms with Gasteiger partial charge in [-0.15, -0.1) is 0 Å². The highest BCUT2D eigenvalue weighted by Gasteiger charge is 2.20. The first-order chi connectivity index (χ1) is 14.5. The van der Waals surface area contributed by atoms with E-state index in [1.807, 2.05) is 30.3 Å². The van der Waals surface area contributed by atoms with E-state index in [2.05, 4.69) is 12.2 Å². The summed E-state index contributed by atoms with van der Waals surface area (Å²) in [5, 5.41) is 2.95. The Balaban J connectivity index is 1.51. The van der Waals surface area contributed by atoms with Crippen LogP contribution in [-0.2, 0) is 16.1 Å². The highest BCUT2D eigenvalue weighted by atomic mass is 16.5. The highest BCUT2D eigenvalue weighted by molar-refractivity contribution is 5.92. The van der Waals surface area contributed by atoms with Gasteiger partial charge in [0.2, 0.25) is 0 Å². The van der Waals surface area contributed by atoms with E-state index in [9.17, 15) is 9.59 Å². The molecule has 6 nitrogen and oxygen atoms in total. The number of methoxy groups -OCH3 is 1. The smallest absolute Gasteiger partial charge is 0.338 e. The minimum atomic E-state index is -0.574. The largest absolute Gasteiger partial charge is 0.493 e. The van der Waals surface area contributed by atoms with E-state index in [1.54, 1.807) is 18.2 Å². The number of ether oxygens (including phenoxy) is 3. The van der Waals surface area contributed by atoms with E-state index in [0.717, 1.165) is 31.2 Å². The van der Waals surface area contributed by atoms with Crippen molar-refractivity contribution in [2.24, 2.45) is 5.92 Å². The number of carbonyl (C=O) groups is 2. The Bertz CT molecular complexity index is 844. The molecule has 3 rings (SSSR count). The van der Waals surface area contributed by atoms with E-state index in [-0.39, 0.29) is 18.6 Å². The van der Waals surface area contributed by atoms with Gasteiger partial charge >= 0.3 is 5.97 Å². The quantitative estimate of drug-likeness (QED) is 0.662. The molecule has 1 aliphatic rings. The van der Waals surface area contributed by atoms with Crippen LogP contribution in [0.2, 0.25) is 0 Å². The Morgan fingerprint density at radius 1 is 1.00 bits per heavy atom. The summed E-state index contributed by atoms with van der Waals surface area (Å²) in [5.74, 6) is 0.835. The van der Waals surface area contributed by atoms with Crippen molar-refractivity contribution in [3.8, 4) is 11.5 Å². The van der Waals surface area contributed by atoms with E-state index in [4.69, 9.17) is 14.2 Å². The van der Waals surface area contributed by atoms with Gasteiger partial charge in [0.05, 0.1) is 12.7 Å². The molecule has 2 aromatic carbocycles. The number of amides is 1. The maximum Gasteiger partial charge on any atom is 0.338 e. The fourth-order valence-corrected chi connectivity index (χ4v) is 3.54. The summed E-state index contributed by atoms with van der Waals surface area (Å²) in [7, 11) is 1.51. The lowest BCUT2D eigenvalue weighted by Gasteiger charge is -2.26. The predicted molar refractivity (Wildman–Crippen MR) is 114 cm³/mol. The molecule has 0 bridgehead atoms. The van der Waals surface area contributed by atoms with Gasteiger partial charge in [-0.2, -0.15) is 0 Å². The second-order valence-electron chi connectivity index (χ2n) is 7.74. The van der Waals surface area contributed by atoms with E-state index in [0.29, 0.717) is 29.6 Å². The van der Waals surface area contributed by atoms with Crippen molar-refractivity contribution in [2.45, 2.75) is 45.3 Å². The van der Waals surface area contributed by atoms with Gasteiger partial charge in [0.1, 0.15) is 6.61 Å². The summed E-state index contributed by atoms with van der Waals surface area (Å²) in [6.07, 6.45) is 4.18. The molecule has 0 atom stereocenters. The van der Waals surface area contributed by atoms with Crippen LogP contribution >= 0.6 is 0 Å². The van der Waals surface area contributed by atoms with Crippen molar-refractivity contribution < 1.29 is 23.8 Å². The highest BCUT2D eigenvalue weighted by Crippen LogP contribution is 2.29. The van der Waals surface area contributed by atoms with Crippen molar-refractivity contribution in [1.29, 1.82) is 0 Å². The minimum Gasteiger partial charge on any atom is -0.493 e. The first-order valence-electron chi connectivity index (χ1n) is 10.4. The number of carbonyl (C=O) groups excluding carboxylic acids is 2. The van der Waals surface area contributed by atoms with E-state index >= 15 is 0 Å². The molecule has 0 unspecified atom stereocenters. The zero-order valence-electron chi connectivity index (χ0n) is 17.6. The van der Waals surface area contributed by atoms with Crippen LogP contribution in [-0.4, -0.2) is 31.6 Å². The summed E-state index contributed by atoms with van der Waals surface area (Å²) < 4.78 is 16.3. The topological polar surface area (TPSA) is 73.9 Å². The van der Waals surface area contributed by atoms with Crippen LogP contribution in [0, 0.1) is 5.92 Å². The lowest BCUT2D eigenvalue weighted by Crippen LogP contribution is -2.39. The van der Waals surface area contributed by atoms with Gasteiger partial charge in [-0.25, -0.2) is 4.79 Å². The van der Waals surface area contributed by atoms with Crippen molar-refractivity contribution in [1.82, 2.24) is 5.32 Å². The lowest BCUT2D eigenvalue weighted by molar-refractivity contribution is -0.125. The minimum absolute atomic E-state index is 0.175. The molecular weight excluding hydrogens is 382 g/mol. The van der Waals surface area contributed by atoms with Crippen LogP contribution in [0.3, 0.4) is 0 Å². The molecule has 0 aliphatic heterocycles. The molecule has 160 valence electrons. The third-order valence-corrected chi connectivity index (χ3v) is 5.35. The molecular formula is C24H29NO5. The van der Waals surface area contributed by atoms with Gasteiger partial charge in [-0.3, -0.25) is 4.79 Å². The fraction of sp³-hybridized carbons (Fsp3) is 0.417. The number of hydrogen-bond donors (Lipinski definition) is 1. The Morgan fingerprint density at radius 2 is 1.73 bits per heavy atom. The molecule has 1 fully saturated rings. The molecule has 30 heavy (non-hydrogen) atoms. The van der Waals surface area contributed by atoms with Crippen LogP contribution < -0.4 is 14.8 Å². The summed E-state index contributed by atoms with van der Waals surface area (Å²) in [4.78, 5) is 24.4. The van der Waals surface area contributed by atoms with Gasteiger partial charge in [-0.1, -0.05) is 37.3 Å². The van der Waals surface area contributed by atoms with Crippen LogP contribution in [0.4, 0.5) is 0 Å². The maximum absolute atomic E-state index is 12.3. The van der Waals surface area contributed by atoms with Gasteiger partial charge in [0, 0.05) is 6.04 Å². The average Bonchev–Trinajstić information content (AvgIpc) is 2.78. The first kappa shape index (κ1) is 21.7. The summed E-state index contributed by atoms with van der Waals surface area (Å²) in [6, 6.07) is 14.8. The van der Waals surface area contributed by atoms with Crippen LogP contribution in [0.25, 0.3) is 0 Å². The number of esters is 1. The predicted octanol–water partition coefficient (Wildman–Crippen LogP) is 4.13. The van der Waals surface area contributed by atoms with Crippen LogP contribution in [0.1, 0.15) is 48.5 Å². The SMILES string of the molecule is COc1cc(C(=O)OCC(=O)NC2CCC(C)CC2)ccc1OCc1ccccc1. The van der Waals surface area contributed by atoms with Crippen LogP contribution in [0.15, 0.2) is 48.5 Å². The third-order valence-electron chi connectivity index (χ3n) is 5.35. The zero-order valence-corrected chi connectivity index (χ0v) is 17.6. The maximum atomic E-state index is 12.3. The standard InChI is InChI=1S/C24H29NO5/c1-17-8-11-20(12-9-17)25-23(26)16-30-24(27)19-10-13-21(22(14-19)28-2)29-15-18-6-4-3-5-7-18/h3-7,10,13-14,17,20H,8-9,11-12,15-16H2,1-2H3,(H,25,26). The molecule has 0 saturated heterocycles. The molecule has 0 spiro atoms.